The Morgan fingerprint density at radius 1 is 1.39 bits per heavy atom. The molecule has 0 saturated carbocycles. The third-order valence-corrected chi connectivity index (χ3v) is 2.70. The number of benzene rings is 1. The molecule has 0 aliphatic heterocycles. The van der Waals surface area contributed by atoms with Crippen molar-refractivity contribution in [3.63, 3.8) is 0 Å². The van der Waals surface area contributed by atoms with Gasteiger partial charge in [-0.3, -0.25) is 4.79 Å². The zero-order valence-electron chi connectivity index (χ0n) is 10.6. The molecule has 4 N–H and O–H groups in total. The summed E-state index contributed by atoms with van der Waals surface area (Å²) in [7, 11) is 1.64. The number of ether oxygens (including phenoxy) is 1. The fourth-order valence-electron chi connectivity index (χ4n) is 1.53. The largest absolute Gasteiger partial charge is 0.497 e. The van der Waals surface area contributed by atoms with E-state index in [1.807, 2.05) is 24.3 Å². The topological polar surface area (TPSA) is 84.6 Å². The number of carboxylic acid groups (broad SMARTS) is 1. The van der Waals surface area contributed by atoms with E-state index < -0.39 is 12.0 Å². The zero-order chi connectivity index (χ0) is 13.4. The van der Waals surface area contributed by atoms with Crippen LogP contribution in [0.1, 0.15) is 12.0 Å². The molecule has 0 heterocycles. The van der Waals surface area contributed by atoms with Gasteiger partial charge in [0.1, 0.15) is 11.8 Å². The molecule has 1 rings (SSSR count). The summed E-state index contributed by atoms with van der Waals surface area (Å²) in [6.45, 7) is 1.42. The molecule has 5 nitrogen and oxygen atoms in total. The zero-order valence-corrected chi connectivity index (χ0v) is 10.6. The molecule has 1 unspecified atom stereocenters. The smallest absolute Gasteiger partial charge is 0.320 e. The van der Waals surface area contributed by atoms with Crippen LogP contribution in [0, 0.1) is 0 Å². The summed E-state index contributed by atoms with van der Waals surface area (Å²) in [5.41, 5.74) is 6.60. The van der Waals surface area contributed by atoms with E-state index >= 15 is 0 Å². The lowest BCUT2D eigenvalue weighted by Gasteiger charge is -2.08. The fraction of sp³-hybridized carbons (Fsp3) is 0.462. The molecule has 1 atom stereocenters. The first-order chi connectivity index (χ1) is 8.63. The Balaban J connectivity index is 2.15. The number of hydrogen-bond acceptors (Lipinski definition) is 4. The molecular formula is C13H20N2O3. The average Bonchev–Trinajstić information content (AvgIpc) is 2.38. The van der Waals surface area contributed by atoms with E-state index in [1.54, 1.807) is 7.11 Å². The highest BCUT2D eigenvalue weighted by Gasteiger charge is 2.09. The summed E-state index contributed by atoms with van der Waals surface area (Å²) in [6, 6.07) is 7.11. The Bertz CT molecular complexity index is 365. The van der Waals surface area contributed by atoms with Crippen molar-refractivity contribution in [2.45, 2.75) is 18.9 Å². The van der Waals surface area contributed by atoms with Crippen molar-refractivity contribution >= 4 is 5.97 Å². The van der Waals surface area contributed by atoms with Crippen molar-refractivity contribution < 1.29 is 14.6 Å². The van der Waals surface area contributed by atoms with E-state index in [2.05, 4.69) is 5.32 Å². The van der Waals surface area contributed by atoms with Gasteiger partial charge in [0, 0.05) is 0 Å². The van der Waals surface area contributed by atoms with E-state index in [0.29, 0.717) is 13.0 Å². The first-order valence-electron chi connectivity index (χ1n) is 5.95. The van der Waals surface area contributed by atoms with Gasteiger partial charge in [0.2, 0.25) is 0 Å². The van der Waals surface area contributed by atoms with Crippen molar-refractivity contribution in [3.05, 3.63) is 29.8 Å². The summed E-state index contributed by atoms with van der Waals surface area (Å²) in [6.07, 6.45) is 1.34. The van der Waals surface area contributed by atoms with E-state index in [4.69, 9.17) is 15.6 Å². The van der Waals surface area contributed by atoms with Crippen molar-refractivity contribution in [1.29, 1.82) is 0 Å². The van der Waals surface area contributed by atoms with Gasteiger partial charge < -0.3 is 20.9 Å². The second-order valence-electron chi connectivity index (χ2n) is 4.08. The Hall–Kier alpha value is -1.59. The molecule has 0 amide bonds. The van der Waals surface area contributed by atoms with Gasteiger partial charge in [0.05, 0.1) is 7.11 Å². The third kappa shape index (κ3) is 5.16. The van der Waals surface area contributed by atoms with Crippen LogP contribution in [-0.4, -0.2) is 37.3 Å². The lowest BCUT2D eigenvalue weighted by molar-refractivity contribution is -0.138. The molecule has 1 aromatic carbocycles. The van der Waals surface area contributed by atoms with Crippen molar-refractivity contribution in [2.24, 2.45) is 5.73 Å². The van der Waals surface area contributed by atoms with Crippen LogP contribution < -0.4 is 15.8 Å². The molecule has 0 saturated heterocycles. The Kier molecular flexibility index (Phi) is 6.18. The summed E-state index contributed by atoms with van der Waals surface area (Å²) in [5.74, 6) is -0.105. The van der Waals surface area contributed by atoms with Gasteiger partial charge in [0.15, 0.2) is 0 Å². The Morgan fingerprint density at radius 2 is 2.06 bits per heavy atom. The number of carboxylic acids is 1. The molecule has 0 radical (unpaired) electrons. The molecule has 0 aliphatic carbocycles. The summed E-state index contributed by atoms with van der Waals surface area (Å²) in [4.78, 5) is 10.5. The normalized spacial score (nSPS) is 12.1. The summed E-state index contributed by atoms with van der Waals surface area (Å²) in [5, 5.41) is 11.8. The van der Waals surface area contributed by atoms with Crippen LogP contribution in [0.3, 0.4) is 0 Å². The van der Waals surface area contributed by atoms with Crippen LogP contribution in [0.4, 0.5) is 0 Å². The van der Waals surface area contributed by atoms with Gasteiger partial charge in [-0.15, -0.1) is 0 Å². The average molecular weight is 252 g/mol. The van der Waals surface area contributed by atoms with Crippen LogP contribution >= 0.6 is 0 Å². The highest BCUT2D eigenvalue weighted by Crippen LogP contribution is 2.11. The first-order valence-corrected chi connectivity index (χ1v) is 5.95. The van der Waals surface area contributed by atoms with Gasteiger partial charge >= 0.3 is 5.97 Å². The van der Waals surface area contributed by atoms with Crippen LogP contribution in [-0.2, 0) is 11.2 Å². The third-order valence-electron chi connectivity index (χ3n) is 2.70. The van der Waals surface area contributed by atoms with Gasteiger partial charge in [0.25, 0.3) is 0 Å². The minimum Gasteiger partial charge on any atom is -0.497 e. The second-order valence-corrected chi connectivity index (χ2v) is 4.08. The quantitative estimate of drug-likeness (QED) is 0.591. The van der Waals surface area contributed by atoms with Gasteiger partial charge in [-0.25, -0.2) is 0 Å². The van der Waals surface area contributed by atoms with E-state index in [0.717, 1.165) is 18.7 Å². The highest BCUT2D eigenvalue weighted by molar-refractivity contribution is 5.72. The molecule has 0 bridgehead atoms. The Morgan fingerprint density at radius 3 is 2.61 bits per heavy atom. The van der Waals surface area contributed by atoms with E-state index in [9.17, 15) is 4.79 Å². The Labute approximate surface area is 107 Å². The van der Waals surface area contributed by atoms with Gasteiger partial charge in [-0.1, -0.05) is 12.1 Å². The van der Waals surface area contributed by atoms with Crippen LogP contribution in [0.25, 0.3) is 0 Å². The lowest BCUT2D eigenvalue weighted by Crippen LogP contribution is -2.34. The van der Waals surface area contributed by atoms with Crippen LogP contribution in [0.5, 0.6) is 5.75 Å². The maximum Gasteiger partial charge on any atom is 0.320 e. The number of carbonyl (C=O) groups is 1. The molecule has 18 heavy (non-hydrogen) atoms. The number of nitrogens with two attached hydrogens (primary N) is 1. The molecule has 0 spiro atoms. The summed E-state index contributed by atoms with van der Waals surface area (Å²) < 4.78 is 5.08. The SMILES string of the molecule is COc1ccc(CCNCCC(N)C(=O)O)cc1. The summed E-state index contributed by atoms with van der Waals surface area (Å²) >= 11 is 0. The first kappa shape index (κ1) is 14.5. The van der Waals surface area contributed by atoms with Crippen molar-refractivity contribution in [3.8, 4) is 5.75 Å². The molecule has 0 aromatic heterocycles. The lowest BCUT2D eigenvalue weighted by atomic mass is 10.1. The maximum atomic E-state index is 10.5. The van der Waals surface area contributed by atoms with Gasteiger partial charge in [-0.05, 0) is 43.6 Å². The number of methoxy groups -OCH3 is 1. The molecule has 100 valence electrons. The molecule has 5 heteroatoms. The van der Waals surface area contributed by atoms with Crippen molar-refractivity contribution in [2.75, 3.05) is 20.2 Å². The number of rotatable bonds is 8. The number of hydrogen-bond donors (Lipinski definition) is 3. The van der Waals surface area contributed by atoms with Gasteiger partial charge in [-0.2, -0.15) is 0 Å². The monoisotopic (exact) mass is 252 g/mol. The minimum atomic E-state index is -0.952. The van der Waals surface area contributed by atoms with E-state index in [1.165, 1.54) is 5.56 Å². The minimum absolute atomic E-state index is 0.442. The highest BCUT2D eigenvalue weighted by atomic mass is 16.5. The molecule has 0 fully saturated rings. The standard InChI is InChI=1S/C13H20N2O3/c1-18-11-4-2-10(3-5-11)6-8-15-9-7-12(14)13(16)17/h2-5,12,15H,6-9,14H2,1H3,(H,16,17). The maximum absolute atomic E-state index is 10.5. The number of nitrogens with one attached hydrogen (secondary N) is 1. The molecule has 0 aliphatic rings. The predicted molar refractivity (Wildman–Crippen MR) is 69.8 cm³/mol. The van der Waals surface area contributed by atoms with Crippen LogP contribution in [0.15, 0.2) is 24.3 Å². The molecule has 1 aromatic rings. The second kappa shape index (κ2) is 7.68. The van der Waals surface area contributed by atoms with Crippen molar-refractivity contribution in [1.82, 2.24) is 5.32 Å². The van der Waals surface area contributed by atoms with E-state index in [-0.39, 0.29) is 0 Å². The number of aliphatic carboxylic acids is 1. The molecular weight excluding hydrogens is 232 g/mol. The predicted octanol–water partition coefficient (Wildman–Crippen LogP) is 0.629. The fourth-order valence-corrected chi connectivity index (χ4v) is 1.53. The van der Waals surface area contributed by atoms with Crippen LogP contribution in [0.2, 0.25) is 0 Å².